The fourth-order valence-electron chi connectivity index (χ4n) is 0.451. The molecular formula is C5H10Cl2N2Pt. The molecule has 0 aliphatic heterocycles. The molecule has 0 amide bonds. The average Bonchev–Trinajstić information content (AvgIpc) is 2.53. The molecule has 5 heteroatoms. The van der Waals surface area contributed by atoms with Gasteiger partial charge in [-0.3, -0.25) is 0 Å². The summed E-state index contributed by atoms with van der Waals surface area (Å²) < 4.78 is 0. The molecular weight excluding hydrogens is 354 g/mol. The van der Waals surface area contributed by atoms with E-state index in [1.54, 1.807) is 0 Å². The Morgan fingerprint density at radius 2 is 1.90 bits per heavy atom. The van der Waals surface area contributed by atoms with Crippen molar-refractivity contribution in [2.45, 2.75) is 19.3 Å². The zero-order valence-corrected chi connectivity index (χ0v) is 9.21. The van der Waals surface area contributed by atoms with Gasteiger partial charge in [-0.25, -0.2) is 0 Å². The summed E-state index contributed by atoms with van der Waals surface area (Å²) in [5.74, 6) is 0.787. The summed E-state index contributed by atoms with van der Waals surface area (Å²) in [6.07, 6.45) is 3.39. The number of hydrogen-bond acceptors (Lipinski definition) is 2. The summed E-state index contributed by atoms with van der Waals surface area (Å²) in [4.78, 5) is 0. The zero-order chi connectivity index (χ0) is 7.11. The van der Waals surface area contributed by atoms with E-state index in [2.05, 4.69) is 6.07 Å². The molecule has 2 nitrogen and oxygen atoms in total. The quantitative estimate of drug-likeness (QED) is 0.778. The Balaban J connectivity index is 0. The monoisotopic (exact) mass is 363 g/mol. The third kappa shape index (κ3) is 11.5. The number of halogens is 2. The van der Waals surface area contributed by atoms with Crippen LogP contribution in [0.3, 0.4) is 0 Å². The van der Waals surface area contributed by atoms with E-state index in [9.17, 15) is 0 Å². The van der Waals surface area contributed by atoms with Gasteiger partial charge in [0.1, 0.15) is 0 Å². The van der Waals surface area contributed by atoms with Gasteiger partial charge >= 0.3 is 35.3 Å². The van der Waals surface area contributed by atoms with Crippen LogP contribution >= 0.6 is 18.8 Å². The molecule has 64 valence electrons. The van der Waals surface area contributed by atoms with Crippen molar-refractivity contribution in [3.63, 3.8) is 0 Å². The first-order chi connectivity index (χ1) is 4.35. The minimum absolute atomic E-state index is 0. The van der Waals surface area contributed by atoms with Crippen molar-refractivity contribution in [3.05, 3.63) is 0 Å². The summed E-state index contributed by atoms with van der Waals surface area (Å²) in [6.45, 7) is 0. The molecule has 0 unspecified atom stereocenters. The van der Waals surface area contributed by atoms with Crippen LogP contribution < -0.4 is 6.15 Å². The first-order valence-electron chi connectivity index (χ1n) is 2.54. The van der Waals surface area contributed by atoms with Crippen molar-refractivity contribution in [3.8, 4) is 6.07 Å². The van der Waals surface area contributed by atoms with Crippen LogP contribution in [-0.2, 0) is 16.5 Å². The summed E-state index contributed by atoms with van der Waals surface area (Å²) >= 11 is -0.472. The van der Waals surface area contributed by atoms with Crippen molar-refractivity contribution in [1.82, 2.24) is 6.15 Å². The second-order valence-corrected chi connectivity index (χ2v) is 5.13. The molecule has 3 N–H and O–H groups in total. The topological polar surface area (TPSA) is 58.8 Å². The zero-order valence-electron chi connectivity index (χ0n) is 5.43. The van der Waals surface area contributed by atoms with Crippen LogP contribution in [0.15, 0.2) is 0 Å². The van der Waals surface area contributed by atoms with E-state index < -0.39 is 16.5 Å². The van der Waals surface area contributed by atoms with E-state index >= 15 is 0 Å². The Bertz CT molecular complexity index is 100. The van der Waals surface area contributed by atoms with Crippen molar-refractivity contribution < 1.29 is 16.5 Å². The van der Waals surface area contributed by atoms with Gasteiger partial charge < -0.3 is 6.15 Å². The maximum absolute atomic E-state index is 8.03. The molecule has 0 heterocycles. The van der Waals surface area contributed by atoms with Crippen LogP contribution in [-0.4, -0.2) is 0 Å². The van der Waals surface area contributed by atoms with E-state index in [0.717, 1.165) is 12.3 Å². The molecule has 0 aromatic rings. The van der Waals surface area contributed by atoms with E-state index in [-0.39, 0.29) is 6.15 Å². The summed E-state index contributed by atoms with van der Waals surface area (Å²) in [5, 5.41) is 8.03. The molecule has 1 aliphatic carbocycles. The van der Waals surface area contributed by atoms with E-state index in [1.165, 1.54) is 12.8 Å². The molecule has 0 aromatic carbocycles. The molecule has 1 saturated carbocycles. The van der Waals surface area contributed by atoms with Crippen LogP contribution in [0, 0.1) is 17.2 Å². The fourth-order valence-corrected chi connectivity index (χ4v) is 0.451. The van der Waals surface area contributed by atoms with Gasteiger partial charge in [0, 0.05) is 6.42 Å². The van der Waals surface area contributed by atoms with Gasteiger partial charge in [0.2, 0.25) is 0 Å². The summed E-state index contributed by atoms with van der Waals surface area (Å²) in [5.41, 5.74) is 0. The molecule has 1 fully saturated rings. The van der Waals surface area contributed by atoms with Crippen molar-refractivity contribution in [2.24, 2.45) is 5.92 Å². The summed E-state index contributed by atoms with van der Waals surface area (Å²) in [6, 6.07) is 2.13. The number of nitrogens with zero attached hydrogens (tertiary/aromatic N) is 1. The van der Waals surface area contributed by atoms with Crippen LogP contribution in [0.1, 0.15) is 19.3 Å². The molecule has 0 saturated heterocycles. The van der Waals surface area contributed by atoms with Gasteiger partial charge in [-0.05, 0) is 18.8 Å². The van der Waals surface area contributed by atoms with Crippen LogP contribution in [0.25, 0.3) is 0 Å². The summed E-state index contributed by atoms with van der Waals surface area (Å²) in [7, 11) is 9.75. The van der Waals surface area contributed by atoms with Gasteiger partial charge in [0.25, 0.3) is 0 Å². The molecule has 10 heavy (non-hydrogen) atoms. The number of hydrogen-bond donors (Lipinski definition) is 1. The van der Waals surface area contributed by atoms with E-state index in [1.807, 2.05) is 0 Å². The van der Waals surface area contributed by atoms with Crippen molar-refractivity contribution in [1.29, 1.82) is 5.26 Å². The normalized spacial score (nSPS) is 14.1. The number of rotatable bonds is 1. The minimum atomic E-state index is -0.472. The Labute approximate surface area is 77.9 Å². The van der Waals surface area contributed by atoms with Gasteiger partial charge in [-0.2, -0.15) is 5.26 Å². The van der Waals surface area contributed by atoms with Gasteiger partial charge in [-0.1, -0.05) is 0 Å². The Morgan fingerprint density at radius 3 is 2.00 bits per heavy atom. The molecule has 1 rings (SSSR count). The van der Waals surface area contributed by atoms with E-state index in [4.69, 9.17) is 24.1 Å². The average molecular weight is 364 g/mol. The third-order valence-corrected chi connectivity index (χ3v) is 1.08. The van der Waals surface area contributed by atoms with Crippen LogP contribution in [0.2, 0.25) is 0 Å². The van der Waals surface area contributed by atoms with Gasteiger partial charge in [0.15, 0.2) is 0 Å². The standard InChI is InChI=1S/C5H7N.2ClH.H3N.Pt/c6-4-3-5-1-2-5;;;;/h5H,1-3H2;2*1H;1H3;/q;;;;+2/p-2. The van der Waals surface area contributed by atoms with Crippen molar-refractivity contribution in [2.75, 3.05) is 0 Å². The predicted octanol–water partition coefficient (Wildman–Crippen LogP) is 2.85. The number of nitriles is 1. The van der Waals surface area contributed by atoms with Gasteiger partial charge in [-0.15, -0.1) is 0 Å². The fraction of sp³-hybridized carbons (Fsp3) is 0.800. The SMILES string of the molecule is N.N#CCC1CC1.[Cl][Pt][Cl]. The van der Waals surface area contributed by atoms with Crippen molar-refractivity contribution >= 4 is 18.8 Å². The molecule has 0 spiro atoms. The Kier molecular flexibility index (Phi) is 12.9. The second-order valence-electron chi connectivity index (χ2n) is 1.85. The first kappa shape index (κ1) is 13.3. The third-order valence-electron chi connectivity index (χ3n) is 1.08. The Hall–Kier alpha value is 0.718. The molecule has 0 bridgehead atoms. The van der Waals surface area contributed by atoms with E-state index in [0.29, 0.717) is 0 Å². The van der Waals surface area contributed by atoms with Gasteiger partial charge in [0.05, 0.1) is 6.07 Å². The maximum atomic E-state index is 8.03. The molecule has 0 atom stereocenters. The van der Waals surface area contributed by atoms with Crippen LogP contribution in [0.4, 0.5) is 0 Å². The van der Waals surface area contributed by atoms with Crippen LogP contribution in [0.5, 0.6) is 0 Å². The molecule has 0 aromatic heterocycles. The molecule has 0 radical (unpaired) electrons. The second kappa shape index (κ2) is 9.72. The molecule has 1 aliphatic rings. The first-order valence-corrected chi connectivity index (χ1v) is 8.17. The predicted molar refractivity (Wildman–Crippen MR) is 39.7 cm³/mol. The Morgan fingerprint density at radius 1 is 1.50 bits per heavy atom.